The van der Waals surface area contributed by atoms with Crippen molar-refractivity contribution < 1.29 is 0 Å². The van der Waals surface area contributed by atoms with Gasteiger partial charge in [-0.05, 0) is 45.4 Å². The highest BCUT2D eigenvalue weighted by Gasteiger charge is 2.08. The number of hydrogen-bond donors (Lipinski definition) is 1. The van der Waals surface area contributed by atoms with Gasteiger partial charge in [0.1, 0.15) is 5.82 Å². The molecule has 1 heterocycles. The van der Waals surface area contributed by atoms with Crippen LogP contribution in [0.3, 0.4) is 0 Å². The van der Waals surface area contributed by atoms with E-state index in [1.165, 1.54) is 12.0 Å². The van der Waals surface area contributed by atoms with Gasteiger partial charge in [-0.25, -0.2) is 4.98 Å². The molecule has 0 unspecified atom stereocenters. The maximum Gasteiger partial charge on any atom is 0.125 e. The SMILES string of the molecule is CCCN(Cc1ccc(NCC)nc1)C(C)C. The van der Waals surface area contributed by atoms with Gasteiger partial charge >= 0.3 is 0 Å². The van der Waals surface area contributed by atoms with E-state index in [1.54, 1.807) is 0 Å². The second-order valence-electron chi connectivity index (χ2n) is 4.65. The van der Waals surface area contributed by atoms with Gasteiger partial charge in [-0.3, -0.25) is 4.90 Å². The number of nitrogens with zero attached hydrogens (tertiary/aromatic N) is 2. The molecule has 0 aliphatic rings. The Labute approximate surface area is 105 Å². The smallest absolute Gasteiger partial charge is 0.125 e. The highest BCUT2D eigenvalue weighted by atomic mass is 15.1. The highest BCUT2D eigenvalue weighted by molar-refractivity contribution is 5.35. The van der Waals surface area contributed by atoms with Gasteiger partial charge in [0, 0.05) is 25.3 Å². The first-order valence-corrected chi connectivity index (χ1v) is 6.60. The molecule has 1 rings (SSSR count). The lowest BCUT2D eigenvalue weighted by atomic mass is 10.2. The minimum atomic E-state index is 0.586. The summed E-state index contributed by atoms with van der Waals surface area (Å²) in [6.45, 7) is 11.9. The molecule has 0 atom stereocenters. The Bertz CT molecular complexity index is 306. The van der Waals surface area contributed by atoms with Crippen molar-refractivity contribution in [2.45, 2.75) is 46.7 Å². The lowest BCUT2D eigenvalue weighted by Crippen LogP contribution is -2.31. The quantitative estimate of drug-likeness (QED) is 0.787. The lowest BCUT2D eigenvalue weighted by molar-refractivity contribution is 0.213. The Morgan fingerprint density at radius 2 is 2.06 bits per heavy atom. The van der Waals surface area contributed by atoms with Crippen LogP contribution in [0.5, 0.6) is 0 Å². The van der Waals surface area contributed by atoms with E-state index >= 15 is 0 Å². The van der Waals surface area contributed by atoms with E-state index in [0.29, 0.717) is 6.04 Å². The van der Waals surface area contributed by atoms with Crippen LogP contribution < -0.4 is 5.32 Å². The summed E-state index contributed by atoms with van der Waals surface area (Å²) in [6.07, 6.45) is 3.17. The zero-order valence-corrected chi connectivity index (χ0v) is 11.5. The van der Waals surface area contributed by atoms with E-state index in [1.807, 2.05) is 6.20 Å². The fraction of sp³-hybridized carbons (Fsp3) is 0.643. The maximum atomic E-state index is 4.40. The first kappa shape index (κ1) is 14.0. The number of hydrogen-bond acceptors (Lipinski definition) is 3. The molecular formula is C14H25N3. The molecule has 0 saturated carbocycles. The molecule has 0 amide bonds. The summed E-state index contributed by atoms with van der Waals surface area (Å²) in [5, 5.41) is 3.21. The minimum Gasteiger partial charge on any atom is -0.370 e. The van der Waals surface area contributed by atoms with Gasteiger partial charge in [-0.2, -0.15) is 0 Å². The van der Waals surface area contributed by atoms with Crippen LogP contribution >= 0.6 is 0 Å². The van der Waals surface area contributed by atoms with Gasteiger partial charge in [-0.1, -0.05) is 13.0 Å². The van der Waals surface area contributed by atoms with E-state index in [2.05, 4.69) is 55.0 Å². The van der Waals surface area contributed by atoms with Gasteiger partial charge in [0.05, 0.1) is 0 Å². The van der Waals surface area contributed by atoms with Gasteiger partial charge in [0.2, 0.25) is 0 Å². The molecule has 17 heavy (non-hydrogen) atoms. The number of nitrogens with one attached hydrogen (secondary N) is 1. The van der Waals surface area contributed by atoms with Crippen LogP contribution in [0.2, 0.25) is 0 Å². The Morgan fingerprint density at radius 3 is 2.53 bits per heavy atom. The summed E-state index contributed by atoms with van der Waals surface area (Å²) < 4.78 is 0. The predicted octanol–water partition coefficient (Wildman–Crippen LogP) is 3.13. The maximum absolute atomic E-state index is 4.40. The van der Waals surface area contributed by atoms with Crippen molar-refractivity contribution in [3.63, 3.8) is 0 Å². The van der Waals surface area contributed by atoms with E-state index < -0.39 is 0 Å². The first-order chi connectivity index (χ1) is 8.17. The Balaban J connectivity index is 2.60. The standard InChI is InChI=1S/C14H25N3/c1-5-9-17(12(3)4)11-13-7-8-14(15-6-2)16-10-13/h7-8,10,12H,5-6,9,11H2,1-4H3,(H,15,16). The average molecular weight is 235 g/mol. The number of rotatable bonds is 7. The van der Waals surface area contributed by atoms with Gasteiger partial charge < -0.3 is 5.32 Å². The molecule has 3 nitrogen and oxygen atoms in total. The summed E-state index contributed by atoms with van der Waals surface area (Å²) in [4.78, 5) is 6.88. The van der Waals surface area contributed by atoms with Gasteiger partial charge in [0.15, 0.2) is 0 Å². The van der Waals surface area contributed by atoms with Crippen molar-refractivity contribution in [3.05, 3.63) is 23.9 Å². The topological polar surface area (TPSA) is 28.2 Å². The fourth-order valence-corrected chi connectivity index (χ4v) is 1.85. The molecule has 1 N–H and O–H groups in total. The molecule has 0 aliphatic carbocycles. The van der Waals surface area contributed by atoms with Crippen LogP contribution in [0.25, 0.3) is 0 Å². The average Bonchev–Trinajstić information content (AvgIpc) is 2.31. The largest absolute Gasteiger partial charge is 0.370 e. The lowest BCUT2D eigenvalue weighted by Gasteiger charge is -2.25. The second kappa shape index (κ2) is 7.28. The number of pyridine rings is 1. The van der Waals surface area contributed by atoms with E-state index in [4.69, 9.17) is 0 Å². The number of aromatic nitrogens is 1. The van der Waals surface area contributed by atoms with Crippen molar-refractivity contribution in [1.29, 1.82) is 0 Å². The van der Waals surface area contributed by atoms with Crippen LogP contribution in [-0.2, 0) is 6.54 Å². The molecule has 96 valence electrons. The molecule has 0 bridgehead atoms. The monoisotopic (exact) mass is 235 g/mol. The molecule has 0 spiro atoms. The van der Waals surface area contributed by atoms with Crippen molar-refractivity contribution in [3.8, 4) is 0 Å². The van der Waals surface area contributed by atoms with Crippen LogP contribution in [0.4, 0.5) is 5.82 Å². The molecule has 0 radical (unpaired) electrons. The second-order valence-corrected chi connectivity index (χ2v) is 4.65. The van der Waals surface area contributed by atoms with E-state index in [9.17, 15) is 0 Å². The molecule has 0 aliphatic heterocycles. The normalized spacial score (nSPS) is 11.2. The van der Waals surface area contributed by atoms with Crippen LogP contribution in [0.15, 0.2) is 18.3 Å². The van der Waals surface area contributed by atoms with Crippen LogP contribution in [-0.4, -0.2) is 29.0 Å². The van der Waals surface area contributed by atoms with E-state index in [-0.39, 0.29) is 0 Å². The van der Waals surface area contributed by atoms with Crippen molar-refractivity contribution in [1.82, 2.24) is 9.88 Å². The number of anilines is 1. The third kappa shape index (κ3) is 4.73. The van der Waals surface area contributed by atoms with Gasteiger partial charge in [-0.15, -0.1) is 0 Å². The summed E-state index contributed by atoms with van der Waals surface area (Å²) in [6, 6.07) is 4.81. The summed E-state index contributed by atoms with van der Waals surface area (Å²) in [7, 11) is 0. The first-order valence-electron chi connectivity index (χ1n) is 6.60. The molecule has 1 aromatic rings. The van der Waals surface area contributed by atoms with Gasteiger partial charge in [0.25, 0.3) is 0 Å². The Hall–Kier alpha value is -1.09. The fourth-order valence-electron chi connectivity index (χ4n) is 1.85. The van der Waals surface area contributed by atoms with Crippen molar-refractivity contribution in [2.75, 3.05) is 18.4 Å². The molecule has 1 aromatic heterocycles. The molecule has 3 heteroatoms. The summed E-state index contributed by atoms with van der Waals surface area (Å²) >= 11 is 0. The predicted molar refractivity (Wildman–Crippen MR) is 74.2 cm³/mol. The van der Waals surface area contributed by atoms with Crippen molar-refractivity contribution in [2.24, 2.45) is 0 Å². The summed E-state index contributed by atoms with van der Waals surface area (Å²) in [5.74, 6) is 0.961. The zero-order valence-electron chi connectivity index (χ0n) is 11.5. The molecule has 0 saturated heterocycles. The van der Waals surface area contributed by atoms with Crippen molar-refractivity contribution >= 4 is 5.82 Å². The Kier molecular flexibility index (Phi) is 5.98. The molecular weight excluding hydrogens is 210 g/mol. The highest BCUT2D eigenvalue weighted by Crippen LogP contribution is 2.10. The minimum absolute atomic E-state index is 0.586. The third-order valence-corrected chi connectivity index (χ3v) is 2.81. The van der Waals surface area contributed by atoms with Crippen LogP contribution in [0.1, 0.15) is 39.7 Å². The molecule has 0 aromatic carbocycles. The summed E-state index contributed by atoms with van der Waals surface area (Å²) in [5.41, 5.74) is 1.29. The van der Waals surface area contributed by atoms with E-state index in [0.717, 1.165) is 25.5 Å². The molecule has 0 fully saturated rings. The van der Waals surface area contributed by atoms with Crippen LogP contribution in [0, 0.1) is 0 Å². The zero-order chi connectivity index (χ0) is 12.7. The third-order valence-electron chi connectivity index (χ3n) is 2.81. The Morgan fingerprint density at radius 1 is 1.29 bits per heavy atom.